The lowest BCUT2D eigenvalue weighted by Crippen LogP contribution is -2.37. The van der Waals surface area contributed by atoms with Crippen LogP contribution in [0.2, 0.25) is 0 Å². The smallest absolute Gasteiger partial charge is 0.306 e. The molecule has 10 heteroatoms. The van der Waals surface area contributed by atoms with Gasteiger partial charge in [0.05, 0.1) is 27.7 Å². The molecule has 0 heterocycles. The Morgan fingerprint density at radius 1 is 0.383 bits per heavy atom. The number of carbonyl (C=O) groups is 2. The van der Waals surface area contributed by atoms with Crippen molar-refractivity contribution in [2.45, 2.75) is 360 Å². The van der Waals surface area contributed by atoms with Crippen molar-refractivity contribution in [3.8, 4) is 0 Å². The van der Waals surface area contributed by atoms with Crippen LogP contribution in [0.4, 0.5) is 0 Å². The SMILES string of the molecule is CCCCCCC/C=C\C/C=C\C/C=C\CCCCCCCCC(=O)OC(COC(=O)CCCCCCCCCCCCCCCCCCCCCCCCCCCCCCCCCCCCCC)COP(=O)([O-])OCC[N+](C)(C)C. The highest BCUT2D eigenvalue weighted by molar-refractivity contribution is 7.45. The van der Waals surface area contributed by atoms with E-state index in [4.69, 9.17) is 18.5 Å². The minimum Gasteiger partial charge on any atom is -0.756 e. The first kappa shape index (κ1) is 79.2. The van der Waals surface area contributed by atoms with Crippen LogP contribution in [-0.2, 0) is 32.7 Å². The van der Waals surface area contributed by atoms with Crippen LogP contribution in [0, 0.1) is 0 Å². The Morgan fingerprint density at radius 2 is 0.667 bits per heavy atom. The molecule has 0 radical (unpaired) electrons. The second kappa shape index (κ2) is 62.8. The molecule has 478 valence electrons. The lowest BCUT2D eigenvalue weighted by Gasteiger charge is -2.28. The fourth-order valence-corrected chi connectivity index (χ4v) is 11.2. The highest BCUT2D eigenvalue weighted by Crippen LogP contribution is 2.38. The normalized spacial score (nSPS) is 13.3. The largest absolute Gasteiger partial charge is 0.756 e. The quantitative estimate of drug-likeness (QED) is 0.0195. The molecule has 0 amide bonds. The molecule has 0 aliphatic heterocycles. The van der Waals surface area contributed by atoms with Gasteiger partial charge in [-0.2, -0.15) is 0 Å². The van der Waals surface area contributed by atoms with E-state index in [1.165, 1.54) is 250 Å². The molecule has 0 aromatic rings. The van der Waals surface area contributed by atoms with Crippen LogP contribution in [0.15, 0.2) is 36.5 Å². The van der Waals surface area contributed by atoms with Gasteiger partial charge in [0.25, 0.3) is 7.82 Å². The van der Waals surface area contributed by atoms with Crippen LogP contribution in [0.25, 0.3) is 0 Å². The van der Waals surface area contributed by atoms with Gasteiger partial charge in [-0.1, -0.05) is 326 Å². The van der Waals surface area contributed by atoms with E-state index in [1.54, 1.807) is 0 Å². The van der Waals surface area contributed by atoms with Crippen molar-refractivity contribution in [3.05, 3.63) is 36.5 Å². The Hall–Kier alpha value is -1.77. The molecule has 0 spiro atoms. The Bertz CT molecular complexity index is 1460. The maximum Gasteiger partial charge on any atom is 0.306 e. The van der Waals surface area contributed by atoms with Crippen LogP contribution in [-0.4, -0.2) is 70.0 Å². The maximum atomic E-state index is 12.8. The molecule has 0 aromatic heterocycles. The molecule has 0 saturated heterocycles. The molecule has 2 atom stereocenters. The second-order valence-electron chi connectivity index (χ2n) is 25.3. The van der Waals surface area contributed by atoms with Crippen molar-refractivity contribution in [2.75, 3.05) is 47.5 Å². The summed E-state index contributed by atoms with van der Waals surface area (Å²) in [7, 11) is 1.17. The highest BCUT2D eigenvalue weighted by Gasteiger charge is 2.22. The monoisotopic (exact) mass is 1160 g/mol. The number of rotatable bonds is 66. The second-order valence-corrected chi connectivity index (χ2v) is 26.7. The number of phosphoric acid groups is 1. The summed E-state index contributed by atoms with van der Waals surface area (Å²) in [4.78, 5) is 38.0. The minimum absolute atomic E-state index is 0.0323. The number of phosphoric ester groups is 1. The van der Waals surface area contributed by atoms with Crippen LogP contribution in [0.3, 0.4) is 0 Å². The Labute approximate surface area is 503 Å². The van der Waals surface area contributed by atoms with Gasteiger partial charge in [0, 0.05) is 12.8 Å². The van der Waals surface area contributed by atoms with Gasteiger partial charge in [-0.05, 0) is 51.4 Å². The Kier molecular flexibility index (Phi) is 61.4. The van der Waals surface area contributed by atoms with E-state index in [1.807, 2.05) is 21.1 Å². The summed E-state index contributed by atoms with van der Waals surface area (Å²) in [5, 5.41) is 0. The average Bonchev–Trinajstić information content (AvgIpc) is 3.43. The fourth-order valence-electron chi connectivity index (χ4n) is 10.5. The molecular formula is C71H136NO8P. The maximum absolute atomic E-state index is 12.8. The molecular weight excluding hydrogens is 1030 g/mol. The predicted octanol–water partition coefficient (Wildman–Crippen LogP) is 22.0. The van der Waals surface area contributed by atoms with E-state index < -0.39 is 26.5 Å². The first-order valence-corrected chi connectivity index (χ1v) is 36.7. The molecule has 0 aliphatic rings. The number of nitrogens with zero attached hydrogens (tertiary/aromatic N) is 1. The van der Waals surface area contributed by atoms with Gasteiger partial charge in [0.1, 0.15) is 19.8 Å². The lowest BCUT2D eigenvalue weighted by atomic mass is 10.0. The number of esters is 2. The average molecular weight is 1160 g/mol. The number of carbonyl (C=O) groups excluding carboxylic acids is 2. The number of allylic oxidation sites excluding steroid dienone is 6. The van der Waals surface area contributed by atoms with Crippen molar-refractivity contribution in [3.63, 3.8) is 0 Å². The summed E-state index contributed by atoms with van der Waals surface area (Å²) in [5.74, 6) is -0.831. The number of hydrogen-bond acceptors (Lipinski definition) is 8. The van der Waals surface area contributed by atoms with Crippen molar-refractivity contribution >= 4 is 19.8 Å². The van der Waals surface area contributed by atoms with E-state index in [2.05, 4.69) is 50.3 Å². The molecule has 0 aliphatic carbocycles. The summed E-state index contributed by atoms with van der Waals surface area (Å²) in [6.07, 6.45) is 79.6. The van der Waals surface area contributed by atoms with E-state index >= 15 is 0 Å². The van der Waals surface area contributed by atoms with Crippen LogP contribution >= 0.6 is 7.82 Å². The van der Waals surface area contributed by atoms with Gasteiger partial charge >= 0.3 is 11.9 Å². The third kappa shape index (κ3) is 67.2. The molecule has 0 rings (SSSR count). The summed E-state index contributed by atoms with van der Waals surface area (Å²) in [5.41, 5.74) is 0. The first-order valence-electron chi connectivity index (χ1n) is 35.2. The van der Waals surface area contributed by atoms with Crippen LogP contribution < -0.4 is 4.89 Å². The molecule has 0 bridgehead atoms. The van der Waals surface area contributed by atoms with Gasteiger partial charge in [-0.3, -0.25) is 14.2 Å². The first-order chi connectivity index (χ1) is 39.5. The van der Waals surface area contributed by atoms with Gasteiger partial charge in [-0.25, -0.2) is 0 Å². The van der Waals surface area contributed by atoms with Gasteiger partial charge < -0.3 is 27.9 Å². The summed E-state index contributed by atoms with van der Waals surface area (Å²) in [6, 6.07) is 0. The van der Waals surface area contributed by atoms with E-state index in [-0.39, 0.29) is 32.0 Å². The molecule has 0 saturated carbocycles. The summed E-state index contributed by atoms with van der Waals surface area (Å²) < 4.78 is 34.3. The van der Waals surface area contributed by atoms with Gasteiger partial charge in [0.2, 0.25) is 0 Å². The summed E-state index contributed by atoms with van der Waals surface area (Å²) >= 11 is 0. The Morgan fingerprint density at radius 3 is 0.988 bits per heavy atom. The zero-order valence-corrected chi connectivity index (χ0v) is 55.4. The number of unbranched alkanes of at least 4 members (excludes halogenated alkanes) is 46. The zero-order chi connectivity index (χ0) is 59.1. The molecule has 81 heavy (non-hydrogen) atoms. The summed E-state index contributed by atoms with van der Waals surface area (Å²) in [6.45, 7) is 4.27. The topological polar surface area (TPSA) is 111 Å². The van der Waals surface area contributed by atoms with Gasteiger partial charge in [-0.15, -0.1) is 0 Å². The molecule has 0 fully saturated rings. The molecule has 2 unspecified atom stereocenters. The van der Waals surface area contributed by atoms with Crippen LogP contribution in [0.1, 0.15) is 354 Å². The number of likely N-dealkylation sites (N-methyl/N-ethyl adjacent to an activating group) is 1. The minimum atomic E-state index is -4.64. The fraction of sp³-hybridized carbons (Fsp3) is 0.887. The van der Waals surface area contributed by atoms with E-state index in [0.29, 0.717) is 17.4 Å². The van der Waals surface area contributed by atoms with Crippen molar-refractivity contribution in [2.24, 2.45) is 0 Å². The molecule has 0 aromatic carbocycles. The third-order valence-electron chi connectivity index (χ3n) is 15.9. The van der Waals surface area contributed by atoms with Crippen molar-refractivity contribution < 1.29 is 42.1 Å². The Balaban J connectivity index is 3.94. The zero-order valence-electron chi connectivity index (χ0n) is 54.5. The molecule has 9 nitrogen and oxygen atoms in total. The van der Waals surface area contributed by atoms with E-state index in [0.717, 1.165) is 70.6 Å². The standard InChI is InChI=1S/C71H136NO8P/c1-6-8-10-12-14-16-18-20-22-24-26-28-29-30-31-32-33-34-35-36-37-38-39-40-41-42-44-45-47-49-51-53-55-57-59-61-63-70(73)77-67-69(68-79-81(75,76)78-66-65-72(3,4)5)80-71(74)64-62-60-58-56-54-52-50-48-46-43-27-25-23-21-19-17-15-13-11-9-7-2/h19,21,25,27,46,48,69H,6-18,20,22-24,26,28-45,47,49-68H2,1-5H3/b21-19-,27-25-,48-46-. The third-order valence-corrected chi connectivity index (χ3v) is 16.9. The predicted molar refractivity (Wildman–Crippen MR) is 347 cm³/mol. The number of quaternary nitrogens is 1. The van der Waals surface area contributed by atoms with Gasteiger partial charge in [0.15, 0.2) is 6.10 Å². The van der Waals surface area contributed by atoms with Crippen LogP contribution in [0.5, 0.6) is 0 Å². The lowest BCUT2D eigenvalue weighted by molar-refractivity contribution is -0.870. The van der Waals surface area contributed by atoms with Crippen molar-refractivity contribution in [1.82, 2.24) is 0 Å². The van der Waals surface area contributed by atoms with Crippen molar-refractivity contribution in [1.29, 1.82) is 0 Å². The highest BCUT2D eigenvalue weighted by atomic mass is 31.2. The van der Waals surface area contributed by atoms with E-state index in [9.17, 15) is 19.0 Å². The molecule has 0 N–H and O–H groups in total. The number of ether oxygens (including phenoxy) is 2. The number of hydrogen-bond donors (Lipinski definition) is 0.